The highest BCUT2D eigenvalue weighted by Crippen LogP contribution is 2.22. The van der Waals surface area contributed by atoms with Gasteiger partial charge in [0.25, 0.3) is 0 Å². The lowest BCUT2D eigenvalue weighted by Gasteiger charge is -2.14. The normalized spacial score (nSPS) is 13.7. The van der Waals surface area contributed by atoms with Crippen molar-refractivity contribution in [1.82, 2.24) is 4.72 Å². The van der Waals surface area contributed by atoms with Crippen LogP contribution in [0.1, 0.15) is 12.5 Å². The number of aryl methyl sites for hydroxylation is 1. The second-order valence-corrected chi connectivity index (χ2v) is 5.35. The SMILES string of the molecule is Cc1cccc(N)c1S(=O)(=O)N[C@H](C)CO. The first-order chi connectivity index (χ1) is 7.38. The van der Waals surface area contributed by atoms with E-state index in [0.717, 1.165) is 0 Å². The molecule has 0 radical (unpaired) electrons. The van der Waals surface area contributed by atoms with Crippen LogP contribution in [0.4, 0.5) is 5.69 Å². The minimum atomic E-state index is -3.67. The van der Waals surface area contributed by atoms with E-state index in [-0.39, 0.29) is 17.2 Å². The molecule has 0 saturated carbocycles. The van der Waals surface area contributed by atoms with Gasteiger partial charge in [0.2, 0.25) is 10.0 Å². The second-order valence-electron chi connectivity index (χ2n) is 3.70. The smallest absolute Gasteiger partial charge is 0.243 e. The van der Waals surface area contributed by atoms with Crippen LogP contribution in [0.15, 0.2) is 23.1 Å². The summed E-state index contributed by atoms with van der Waals surface area (Å²) < 4.78 is 26.2. The summed E-state index contributed by atoms with van der Waals surface area (Å²) in [5.41, 5.74) is 6.43. The maximum atomic E-state index is 11.9. The highest BCUT2D eigenvalue weighted by molar-refractivity contribution is 7.89. The van der Waals surface area contributed by atoms with Crippen molar-refractivity contribution in [3.63, 3.8) is 0 Å². The molecule has 0 aliphatic rings. The first kappa shape index (κ1) is 13.0. The summed E-state index contributed by atoms with van der Waals surface area (Å²) in [6, 6.07) is 4.36. The standard InChI is InChI=1S/C10H16N2O3S/c1-7-4-3-5-9(11)10(7)16(14,15)12-8(2)6-13/h3-5,8,12-13H,6,11H2,1-2H3/t8-/m1/s1. The molecule has 0 unspecified atom stereocenters. The Morgan fingerprint density at radius 1 is 1.50 bits per heavy atom. The number of anilines is 1. The monoisotopic (exact) mass is 244 g/mol. The number of nitrogens with two attached hydrogens (primary N) is 1. The van der Waals surface area contributed by atoms with Gasteiger partial charge in [-0.25, -0.2) is 13.1 Å². The average Bonchev–Trinajstić information content (AvgIpc) is 2.16. The number of rotatable bonds is 4. The maximum absolute atomic E-state index is 11.9. The van der Waals surface area contributed by atoms with Gasteiger partial charge in [-0.2, -0.15) is 0 Å². The largest absolute Gasteiger partial charge is 0.398 e. The van der Waals surface area contributed by atoms with Crippen molar-refractivity contribution in [3.05, 3.63) is 23.8 Å². The van der Waals surface area contributed by atoms with Gasteiger partial charge < -0.3 is 10.8 Å². The average molecular weight is 244 g/mol. The lowest BCUT2D eigenvalue weighted by molar-refractivity contribution is 0.265. The van der Waals surface area contributed by atoms with E-state index in [1.54, 1.807) is 26.0 Å². The third-order valence-corrected chi connectivity index (χ3v) is 3.95. The Kier molecular flexibility index (Phi) is 3.90. The van der Waals surface area contributed by atoms with Crippen LogP contribution in [0.3, 0.4) is 0 Å². The summed E-state index contributed by atoms with van der Waals surface area (Å²) in [4.78, 5) is 0.0790. The van der Waals surface area contributed by atoms with Gasteiger partial charge in [-0.1, -0.05) is 12.1 Å². The summed E-state index contributed by atoms with van der Waals surface area (Å²) >= 11 is 0. The van der Waals surface area contributed by atoms with Crippen molar-refractivity contribution in [2.24, 2.45) is 0 Å². The van der Waals surface area contributed by atoms with Crippen molar-refractivity contribution < 1.29 is 13.5 Å². The van der Waals surface area contributed by atoms with Crippen LogP contribution in [0, 0.1) is 6.92 Å². The number of nitrogens with one attached hydrogen (secondary N) is 1. The van der Waals surface area contributed by atoms with Gasteiger partial charge in [0.15, 0.2) is 0 Å². The third-order valence-electron chi connectivity index (χ3n) is 2.14. The van der Waals surface area contributed by atoms with Crippen molar-refractivity contribution in [2.75, 3.05) is 12.3 Å². The molecule has 0 heterocycles. The number of aliphatic hydroxyl groups is 1. The van der Waals surface area contributed by atoms with E-state index >= 15 is 0 Å². The fourth-order valence-corrected chi connectivity index (χ4v) is 3.00. The van der Waals surface area contributed by atoms with E-state index in [9.17, 15) is 8.42 Å². The molecule has 4 N–H and O–H groups in total. The van der Waals surface area contributed by atoms with Crippen LogP contribution in [-0.2, 0) is 10.0 Å². The first-order valence-electron chi connectivity index (χ1n) is 4.86. The molecule has 0 fully saturated rings. The van der Waals surface area contributed by atoms with Crippen molar-refractivity contribution >= 4 is 15.7 Å². The molecule has 1 rings (SSSR count). The van der Waals surface area contributed by atoms with Crippen molar-refractivity contribution in [2.45, 2.75) is 24.8 Å². The summed E-state index contributed by atoms with van der Waals surface area (Å²) in [7, 11) is -3.67. The zero-order valence-electron chi connectivity index (χ0n) is 9.27. The molecule has 1 aromatic carbocycles. The topological polar surface area (TPSA) is 92.4 Å². The van der Waals surface area contributed by atoms with Gasteiger partial charge in [-0.3, -0.25) is 0 Å². The van der Waals surface area contributed by atoms with Gasteiger partial charge in [-0.15, -0.1) is 0 Å². The molecule has 0 aromatic heterocycles. The lowest BCUT2D eigenvalue weighted by atomic mass is 10.2. The zero-order valence-corrected chi connectivity index (χ0v) is 10.1. The highest BCUT2D eigenvalue weighted by Gasteiger charge is 2.21. The number of nitrogen functional groups attached to an aromatic ring is 1. The predicted molar refractivity (Wildman–Crippen MR) is 62.5 cm³/mol. The molecule has 5 nitrogen and oxygen atoms in total. The highest BCUT2D eigenvalue weighted by atomic mass is 32.2. The molecule has 0 saturated heterocycles. The Bertz CT molecular complexity index is 451. The van der Waals surface area contributed by atoms with E-state index in [0.29, 0.717) is 5.56 Å². The summed E-state index contributed by atoms with van der Waals surface area (Å²) in [5.74, 6) is 0. The van der Waals surface area contributed by atoms with Gasteiger partial charge in [0, 0.05) is 6.04 Å². The predicted octanol–water partition coefficient (Wildman–Crippen LogP) is 0.236. The van der Waals surface area contributed by atoms with Crippen molar-refractivity contribution in [1.29, 1.82) is 0 Å². The maximum Gasteiger partial charge on any atom is 0.243 e. The van der Waals surface area contributed by atoms with Gasteiger partial charge in [-0.05, 0) is 25.5 Å². The molecule has 0 aliphatic heterocycles. The lowest BCUT2D eigenvalue weighted by Crippen LogP contribution is -2.35. The van der Waals surface area contributed by atoms with E-state index in [2.05, 4.69) is 4.72 Å². The van der Waals surface area contributed by atoms with E-state index in [4.69, 9.17) is 10.8 Å². The molecular formula is C10H16N2O3S. The molecule has 0 amide bonds. The third kappa shape index (κ3) is 2.72. The van der Waals surface area contributed by atoms with Gasteiger partial charge in [0.05, 0.1) is 12.3 Å². The molecular weight excluding hydrogens is 228 g/mol. The first-order valence-corrected chi connectivity index (χ1v) is 6.35. The molecule has 0 spiro atoms. The quantitative estimate of drug-likeness (QED) is 0.661. The second kappa shape index (κ2) is 4.82. The number of hydrogen-bond acceptors (Lipinski definition) is 4. The summed E-state index contributed by atoms with van der Waals surface area (Å²) in [6.07, 6.45) is 0. The Morgan fingerprint density at radius 2 is 2.12 bits per heavy atom. The Hall–Kier alpha value is -1.11. The molecule has 1 aromatic rings. The number of aliphatic hydroxyl groups excluding tert-OH is 1. The molecule has 16 heavy (non-hydrogen) atoms. The summed E-state index contributed by atoms with van der Waals surface area (Å²) in [6.45, 7) is 2.99. The van der Waals surface area contributed by atoms with Gasteiger partial charge >= 0.3 is 0 Å². The van der Waals surface area contributed by atoms with Crippen LogP contribution in [0.5, 0.6) is 0 Å². The molecule has 6 heteroatoms. The molecule has 0 aliphatic carbocycles. The summed E-state index contributed by atoms with van der Waals surface area (Å²) in [5, 5.41) is 8.83. The van der Waals surface area contributed by atoms with Crippen LogP contribution in [-0.4, -0.2) is 26.2 Å². The van der Waals surface area contributed by atoms with Crippen LogP contribution < -0.4 is 10.5 Å². The molecule has 1 atom stereocenters. The van der Waals surface area contributed by atoms with Crippen LogP contribution >= 0.6 is 0 Å². The minimum absolute atomic E-state index is 0.0790. The molecule has 0 bridgehead atoms. The van der Waals surface area contributed by atoms with Crippen molar-refractivity contribution in [3.8, 4) is 0 Å². The van der Waals surface area contributed by atoms with Crippen LogP contribution in [0.2, 0.25) is 0 Å². The number of benzene rings is 1. The number of hydrogen-bond donors (Lipinski definition) is 3. The zero-order chi connectivity index (χ0) is 12.3. The van der Waals surface area contributed by atoms with Crippen LogP contribution in [0.25, 0.3) is 0 Å². The van der Waals surface area contributed by atoms with Gasteiger partial charge in [0.1, 0.15) is 4.90 Å². The fraction of sp³-hybridized carbons (Fsp3) is 0.400. The fourth-order valence-electron chi connectivity index (χ4n) is 1.40. The van der Waals surface area contributed by atoms with E-state index < -0.39 is 16.1 Å². The minimum Gasteiger partial charge on any atom is -0.398 e. The Morgan fingerprint density at radius 3 is 2.62 bits per heavy atom. The Balaban J connectivity index is 3.17. The number of sulfonamides is 1. The van der Waals surface area contributed by atoms with E-state index in [1.807, 2.05) is 0 Å². The molecule has 90 valence electrons. The van der Waals surface area contributed by atoms with E-state index in [1.165, 1.54) is 6.07 Å². The Labute approximate surface area is 95.3 Å².